The maximum Gasteiger partial charge on any atom is -0.00259 e. The van der Waals surface area contributed by atoms with E-state index < -0.39 is 0 Å². The summed E-state index contributed by atoms with van der Waals surface area (Å²) in [5.74, 6) is 0. The van der Waals surface area contributed by atoms with Crippen LogP contribution in [-0.4, -0.2) is 0 Å². The van der Waals surface area contributed by atoms with Gasteiger partial charge in [-0.1, -0.05) is 522 Å². The zero-order valence-corrected chi connectivity index (χ0v) is 82.0. The van der Waals surface area contributed by atoms with Crippen LogP contribution in [-0.2, 0) is 0 Å². The molecule has 696 valence electrons. The lowest BCUT2D eigenvalue weighted by Gasteiger charge is -2.20. The zero-order chi connectivity index (χ0) is 98.9. The molecule has 0 fully saturated rings. The van der Waals surface area contributed by atoms with Crippen LogP contribution in [0.15, 0.2) is 595 Å². The zero-order valence-electron chi connectivity index (χ0n) is 82.0. The Morgan fingerprint density at radius 3 is 0.358 bits per heavy atom. The van der Waals surface area contributed by atoms with Gasteiger partial charge >= 0.3 is 0 Å². The smallest absolute Gasteiger partial charge is 0.00259 e. The summed E-state index contributed by atoms with van der Waals surface area (Å²) < 4.78 is 0. The van der Waals surface area contributed by atoms with E-state index in [0.717, 1.165) is 111 Å². The number of rotatable bonds is 24. The highest BCUT2D eigenvalue weighted by molar-refractivity contribution is 6.24. The normalized spacial score (nSPS) is 11.0. The molecule has 148 heavy (non-hydrogen) atoms. The van der Waals surface area contributed by atoms with Gasteiger partial charge in [-0.2, -0.15) is 0 Å². The Morgan fingerprint density at radius 1 is 0.0946 bits per heavy atom. The molecule has 0 heteroatoms. The highest BCUT2D eigenvalue weighted by Gasteiger charge is 2.24. The van der Waals surface area contributed by atoms with Crippen LogP contribution in [0.5, 0.6) is 0 Å². The highest BCUT2D eigenvalue weighted by atomic mass is 14.3. The lowest BCUT2D eigenvalue weighted by Crippen LogP contribution is -1.94. The molecule has 24 aromatic carbocycles. The molecule has 0 bridgehead atoms. The Balaban J connectivity index is 0.000000167. The van der Waals surface area contributed by atoms with Crippen molar-refractivity contribution in [3.8, 4) is 66.8 Å². The average Bonchev–Trinajstić information content (AvgIpc) is 0.721. The van der Waals surface area contributed by atoms with Crippen molar-refractivity contribution in [2.45, 2.75) is 0 Å². The summed E-state index contributed by atoms with van der Waals surface area (Å²) in [6.07, 6.45) is 14.2. The molecule has 24 aromatic rings. The quantitative estimate of drug-likeness (QED) is 0.0418. The molecule has 0 aliphatic carbocycles. The molecule has 0 radical (unpaired) electrons. The van der Waals surface area contributed by atoms with E-state index in [0.29, 0.717) is 0 Å². The molecule has 0 aliphatic rings. The first-order valence-electron chi connectivity index (χ1n) is 51.0. The summed E-state index contributed by atoms with van der Waals surface area (Å²) in [5.41, 5.74) is 42.0. The van der Waals surface area contributed by atoms with Crippen molar-refractivity contribution in [2.75, 3.05) is 0 Å². The molecule has 0 atom stereocenters. The third-order valence-electron chi connectivity index (χ3n) is 28.0. The standard InChI is InChI=1S/C82H58.C66H46/c1-9-29-63(30-10-1)77(64-31-11-2-12-32-64)55-59-49-60(56-78(65-33-13-3-14-34-65)66-35-15-4-16-36-66)52-71(51-59)81-73-45-25-27-47-75(73)82(76-48-28-26-46-74(76)81)72-53-61(57-79(67-37-17-5-18-38-67)68-39-19-6-20-40-68)50-62(54-72)58-80(69-41-21-7-22-42-69)70-43-23-8-24-44-70;1-7-23-49(24-8-1)55-39-47(43-63(51-27-11-3-12-28-51)52-29-13-4-14-30-52)41-57(45-55)65-59-35-19-21-37-61(59)66(62-38-22-20-36-60(62)65)58-42-48(40-56(46-58)50-25-9-2-10-26-50)44-64(53-31-15-5-16-32-53)54-33-17-6-18-34-54/h1-58H;1-46H. The number of benzene rings is 24. The second kappa shape index (κ2) is 43.7. The van der Waals surface area contributed by atoms with Gasteiger partial charge in [0.2, 0.25) is 0 Å². The van der Waals surface area contributed by atoms with E-state index in [2.05, 4.69) is 631 Å². The lowest BCUT2D eigenvalue weighted by molar-refractivity contribution is 1.53. The van der Waals surface area contributed by atoms with Gasteiger partial charge in [-0.3, -0.25) is 0 Å². The van der Waals surface area contributed by atoms with Gasteiger partial charge in [0.05, 0.1) is 0 Å². The fourth-order valence-electron chi connectivity index (χ4n) is 21.2. The van der Waals surface area contributed by atoms with Gasteiger partial charge in [-0.25, -0.2) is 0 Å². The topological polar surface area (TPSA) is 0 Å². The molecule has 0 aliphatic heterocycles. The first-order chi connectivity index (χ1) is 73.4. The third-order valence-corrected chi connectivity index (χ3v) is 28.0. The number of hydrogen-bond acceptors (Lipinski definition) is 0. The molecule has 0 nitrogen and oxygen atoms in total. The second-order valence-corrected chi connectivity index (χ2v) is 37.6. The summed E-state index contributed by atoms with van der Waals surface area (Å²) in [6, 6.07) is 215. The first kappa shape index (κ1) is 92.5. The monoisotopic (exact) mass is 1880 g/mol. The average molecular weight is 1880 g/mol. The van der Waals surface area contributed by atoms with E-state index in [9.17, 15) is 0 Å². The molecule has 0 spiro atoms. The number of fused-ring (bicyclic) bond motifs is 4. The summed E-state index contributed by atoms with van der Waals surface area (Å²) in [7, 11) is 0. The minimum Gasteiger partial charge on any atom is -0.0622 e. The van der Waals surface area contributed by atoms with E-state index in [-0.39, 0.29) is 0 Å². The van der Waals surface area contributed by atoms with Crippen LogP contribution in [0.1, 0.15) is 100 Å². The van der Waals surface area contributed by atoms with Gasteiger partial charge in [-0.05, 0) is 353 Å². The van der Waals surface area contributed by atoms with Gasteiger partial charge in [0.25, 0.3) is 0 Å². The largest absolute Gasteiger partial charge is 0.0622 e. The molecular formula is C148H104. The second-order valence-electron chi connectivity index (χ2n) is 37.6. The molecule has 24 rings (SSSR count). The van der Waals surface area contributed by atoms with Crippen LogP contribution in [0.2, 0.25) is 0 Å². The maximum atomic E-state index is 2.40. The molecule has 0 heterocycles. The van der Waals surface area contributed by atoms with Crippen LogP contribution in [0.3, 0.4) is 0 Å². The van der Waals surface area contributed by atoms with Crippen molar-refractivity contribution in [1.82, 2.24) is 0 Å². The molecule has 0 aromatic heterocycles. The highest BCUT2D eigenvalue weighted by Crippen LogP contribution is 2.50. The van der Waals surface area contributed by atoms with Gasteiger partial charge in [0.1, 0.15) is 0 Å². The fraction of sp³-hybridized carbons (Fsp3) is 0. The predicted octanol–water partition coefficient (Wildman–Crippen LogP) is 39.5. The summed E-state index contributed by atoms with van der Waals surface area (Å²) in [6.45, 7) is 0. The lowest BCUT2D eigenvalue weighted by atomic mass is 9.83. The van der Waals surface area contributed by atoms with Crippen LogP contribution in [0.25, 0.3) is 180 Å². The van der Waals surface area contributed by atoms with Crippen molar-refractivity contribution < 1.29 is 0 Å². The third kappa shape index (κ3) is 20.5. The Bertz CT molecular complexity index is 7920. The Kier molecular flexibility index (Phi) is 27.3. The van der Waals surface area contributed by atoms with E-state index in [1.165, 1.54) is 132 Å². The SMILES string of the molecule is C(=C(c1ccccc1)c1ccccc1)c1cc(-c2ccccc2)cc(-c2c3ccccc3c(-c3cc(C=C(c4ccccc4)c4ccccc4)cc(-c4ccccc4)c3)c3ccccc23)c1.C(=C(c1ccccc1)c1ccccc1)c1cc(C=C(c2ccccc2)c2ccccc2)cc(-c2c3ccccc3c(-c3cc(C=C(c4ccccc4)c4ccccc4)cc(C=C(c4ccccc4)c4ccccc4)c3)c3ccccc23)c1. The van der Waals surface area contributed by atoms with Crippen molar-refractivity contribution in [3.05, 3.63) is 695 Å². The Morgan fingerprint density at radius 2 is 0.209 bits per heavy atom. The maximum absolute atomic E-state index is 2.40. The molecule has 0 saturated carbocycles. The van der Waals surface area contributed by atoms with E-state index in [1.807, 2.05) is 0 Å². The van der Waals surface area contributed by atoms with E-state index in [1.54, 1.807) is 0 Å². The molecule has 0 N–H and O–H groups in total. The van der Waals surface area contributed by atoms with Gasteiger partial charge in [0, 0.05) is 0 Å². The molecule has 0 unspecified atom stereocenters. The first-order valence-corrected chi connectivity index (χ1v) is 51.0. The fourth-order valence-corrected chi connectivity index (χ4v) is 21.2. The molecule has 0 amide bonds. The van der Waals surface area contributed by atoms with E-state index >= 15 is 0 Å². The van der Waals surface area contributed by atoms with Gasteiger partial charge in [0.15, 0.2) is 0 Å². The Labute approximate surface area is 867 Å². The van der Waals surface area contributed by atoms with Gasteiger partial charge < -0.3 is 0 Å². The van der Waals surface area contributed by atoms with Crippen LogP contribution >= 0.6 is 0 Å². The minimum absolute atomic E-state index is 1.11. The summed E-state index contributed by atoms with van der Waals surface area (Å²) in [5, 5.41) is 9.61. The number of hydrogen-bond donors (Lipinski definition) is 0. The van der Waals surface area contributed by atoms with Crippen molar-refractivity contribution in [3.63, 3.8) is 0 Å². The van der Waals surface area contributed by atoms with Crippen LogP contribution in [0.4, 0.5) is 0 Å². The van der Waals surface area contributed by atoms with Gasteiger partial charge in [-0.15, -0.1) is 0 Å². The minimum atomic E-state index is 1.11. The van der Waals surface area contributed by atoms with Crippen LogP contribution < -0.4 is 0 Å². The van der Waals surface area contributed by atoms with Crippen LogP contribution in [0, 0.1) is 0 Å². The van der Waals surface area contributed by atoms with E-state index in [4.69, 9.17) is 0 Å². The summed E-state index contributed by atoms with van der Waals surface area (Å²) >= 11 is 0. The van der Waals surface area contributed by atoms with Crippen molar-refractivity contribution in [1.29, 1.82) is 0 Å². The van der Waals surface area contributed by atoms with Crippen molar-refractivity contribution >= 4 is 113 Å². The Hall–Kier alpha value is -19.2. The molecule has 0 saturated heterocycles. The predicted molar refractivity (Wildman–Crippen MR) is 635 cm³/mol. The molecular weight excluding hydrogens is 1780 g/mol. The summed E-state index contributed by atoms with van der Waals surface area (Å²) in [4.78, 5) is 0. The van der Waals surface area contributed by atoms with Crippen molar-refractivity contribution in [2.24, 2.45) is 0 Å².